The fraction of sp³-hybridized carbons (Fsp3) is 0.483. The molecule has 2 unspecified atom stereocenters. The highest BCUT2D eigenvalue weighted by Crippen LogP contribution is 2.61. The minimum Gasteiger partial charge on any atom is -0.480 e. The average molecular weight is 584 g/mol. The maximum atomic E-state index is 13.6. The van der Waals surface area contributed by atoms with Crippen LogP contribution in [0.2, 0.25) is 5.02 Å². The van der Waals surface area contributed by atoms with Gasteiger partial charge in [-0.2, -0.15) is 5.26 Å². The van der Waals surface area contributed by atoms with Crippen molar-refractivity contribution >= 4 is 33.4 Å². The van der Waals surface area contributed by atoms with Crippen molar-refractivity contribution in [3.05, 3.63) is 59.1 Å². The van der Waals surface area contributed by atoms with Crippen LogP contribution in [0.25, 0.3) is 0 Å². The Balaban J connectivity index is 1.29. The lowest BCUT2D eigenvalue weighted by molar-refractivity contribution is -0.148. The van der Waals surface area contributed by atoms with Gasteiger partial charge in [0.15, 0.2) is 17.6 Å². The summed E-state index contributed by atoms with van der Waals surface area (Å²) in [6.07, 6.45) is 6.45. The van der Waals surface area contributed by atoms with Crippen LogP contribution >= 0.6 is 11.6 Å². The summed E-state index contributed by atoms with van der Waals surface area (Å²) in [4.78, 5) is 18.7. The van der Waals surface area contributed by atoms with Crippen molar-refractivity contribution < 1.29 is 17.9 Å². The van der Waals surface area contributed by atoms with Gasteiger partial charge in [0.1, 0.15) is 5.75 Å². The van der Waals surface area contributed by atoms with Gasteiger partial charge in [-0.3, -0.25) is 15.1 Å². The zero-order valence-electron chi connectivity index (χ0n) is 22.6. The van der Waals surface area contributed by atoms with Gasteiger partial charge in [0.25, 0.3) is 0 Å². The van der Waals surface area contributed by atoms with Crippen LogP contribution in [0, 0.1) is 34.6 Å². The smallest absolute Gasteiger partial charge is 0.238 e. The van der Waals surface area contributed by atoms with Crippen LogP contribution in [0.5, 0.6) is 5.75 Å². The number of sulfonamides is 1. The molecule has 40 heavy (non-hydrogen) atoms. The van der Waals surface area contributed by atoms with Crippen LogP contribution in [0.15, 0.2) is 58.4 Å². The Morgan fingerprint density at radius 3 is 2.33 bits per heavy atom. The van der Waals surface area contributed by atoms with Gasteiger partial charge in [-0.1, -0.05) is 23.7 Å². The first-order chi connectivity index (χ1) is 18.9. The van der Waals surface area contributed by atoms with Crippen molar-refractivity contribution in [2.75, 3.05) is 0 Å². The van der Waals surface area contributed by atoms with Gasteiger partial charge < -0.3 is 10.1 Å². The van der Waals surface area contributed by atoms with E-state index in [-0.39, 0.29) is 28.7 Å². The van der Waals surface area contributed by atoms with Crippen LogP contribution in [-0.4, -0.2) is 31.8 Å². The van der Waals surface area contributed by atoms with Gasteiger partial charge in [-0.05, 0) is 106 Å². The van der Waals surface area contributed by atoms with Gasteiger partial charge in [0.05, 0.1) is 16.4 Å². The van der Waals surface area contributed by atoms with Gasteiger partial charge >= 0.3 is 0 Å². The molecule has 212 valence electrons. The van der Waals surface area contributed by atoms with Crippen molar-refractivity contribution in [3.63, 3.8) is 0 Å². The molecule has 0 saturated heterocycles. The lowest BCUT2D eigenvalue weighted by atomic mass is 9.47. The minimum atomic E-state index is -3.76. The molecule has 4 aliphatic carbocycles. The van der Waals surface area contributed by atoms with Gasteiger partial charge in [0.2, 0.25) is 15.9 Å². The maximum Gasteiger partial charge on any atom is 0.238 e. The first kappa shape index (κ1) is 28.4. The van der Waals surface area contributed by atoms with Crippen molar-refractivity contribution in [3.8, 4) is 11.9 Å². The molecule has 4 N–H and O–H groups in total. The van der Waals surface area contributed by atoms with Gasteiger partial charge in [-0.15, -0.1) is 0 Å². The molecule has 2 aromatic rings. The largest absolute Gasteiger partial charge is 0.480 e. The van der Waals surface area contributed by atoms with Crippen LogP contribution in [0.3, 0.4) is 0 Å². The number of nitrogens with one attached hydrogen (secondary N) is 2. The first-order valence-corrected chi connectivity index (χ1v) is 15.4. The van der Waals surface area contributed by atoms with Crippen LogP contribution in [-0.2, 0) is 21.4 Å². The number of aliphatic imine (C=N–C) groups is 1. The number of ether oxygens (including phenoxy) is 1. The summed E-state index contributed by atoms with van der Waals surface area (Å²) >= 11 is 6.01. The number of hydrogen-bond donors (Lipinski definition) is 3. The summed E-state index contributed by atoms with van der Waals surface area (Å²) < 4.78 is 29.2. The average Bonchev–Trinajstić information content (AvgIpc) is 2.89. The van der Waals surface area contributed by atoms with Gasteiger partial charge in [-0.25, -0.2) is 13.6 Å². The second-order valence-electron chi connectivity index (χ2n) is 11.9. The number of carbonyl (C=O) groups is 1. The van der Waals surface area contributed by atoms with Crippen molar-refractivity contribution in [1.29, 1.82) is 5.26 Å². The van der Waals surface area contributed by atoms with Crippen molar-refractivity contribution in [1.82, 2.24) is 10.6 Å². The molecule has 4 fully saturated rings. The predicted molar refractivity (Wildman–Crippen MR) is 152 cm³/mol. The number of hydrogen-bond acceptors (Lipinski definition) is 6. The number of benzene rings is 2. The van der Waals surface area contributed by atoms with E-state index in [9.17, 15) is 18.5 Å². The SMILES string of the molecule is CC(C)(Oc1ccc(Cl)cc1)C(=NC1C2CC3CC1CC(C(=O)NCc1ccc(S(N)(=O)=O)cc1)(C3)C2)NC#N. The molecule has 1 amide bonds. The summed E-state index contributed by atoms with van der Waals surface area (Å²) in [5, 5.41) is 21.2. The Morgan fingerprint density at radius 1 is 1.12 bits per heavy atom. The third kappa shape index (κ3) is 5.82. The monoisotopic (exact) mass is 583 g/mol. The topological polar surface area (TPSA) is 147 Å². The molecule has 0 radical (unpaired) electrons. The van der Waals surface area contributed by atoms with E-state index in [4.69, 9.17) is 26.5 Å². The molecule has 0 spiro atoms. The standard InChI is InChI=1S/C29H34ClN5O4S/c1-28(2,39-23-7-5-22(30)6-8-23)26(34-17-31)35-25-20-11-19-12-21(25)15-29(13-19,14-20)27(36)33-16-18-3-9-24(10-4-18)40(32,37)38/h3-10,19-21,25H,11-16H2,1-2H3,(H,33,36)(H,34,35)(H2,32,37,38). The zero-order valence-corrected chi connectivity index (χ0v) is 24.1. The minimum absolute atomic E-state index is 0.00664. The molecule has 2 aromatic carbocycles. The fourth-order valence-corrected chi connectivity index (χ4v) is 7.68. The summed E-state index contributed by atoms with van der Waals surface area (Å²) in [5.41, 5.74) is -0.504. The van der Waals surface area contributed by atoms with E-state index in [0.29, 0.717) is 29.1 Å². The summed E-state index contributed by atoms with van der Waals surface area (Å²) in [7, 11) is -3.76. The molecule has 0 heterocycles. The first-order valence-electron chi connectivity index (χ1n) is 13.5. The molecular weight excluding hydrogens is 550 g/mol. The highest BCUT2D eigenvalue weighted by atomic mass is 35.5. The summed E-state index contributed by atoms with van der Waals surface area (Å²) in [5.74, 6) is 2.12. The molecule has 4 bridgehead atoms. The molecule has 11 heteroatoms. The number of nitrogens with zero attached hydrogens (tertiary/aromatic N) is 2. The molecule has 9 nitrogen and oxygen atoms in total. The number of carbonyl (C=O) groups excluding carboxylic acids is 1. The molecule has 2 atom stereocenters. The number of nitriles is 1. The Morgan fingerprint density at radius 2 is 1.75 bits per heavy atom. The maximum absolute atomic E-state index is 13.6. The molecule has 4 saturated carbocycles. The fourth-order valence-electron chi connectivity index (χ4n) is 7.04. The van der Waals surface area contributed by atoms with E-state index < -0.39 is 21.0 Å². The molecule has 4 aliphatic rings. The highest BCUT2D eigenvalue weighted by molar-refractivity contribution is 7.89. The summed E-state index contributed by atoms with van der Waals surface area (Å²) in [6, 6.07) is 13.3. The van der Waals surface area contributed by atoms with E-state index in [1.54, 1.807) is 36.4 Å². The van der Waals surface area contributed by atoms with E-state index in [2.05, 4.69) is 10.6 Å². The number of rotatable bonds is 8. The Bertz CT molecular complexity index is 1430. The van der Waals surface area contributed by atoms with E-state index in [1.165, 1.54) is 12.1 Å². The van der Waals surface area contributed by atoms with Gasteiger partial charge in [0, 0.05) is 11.6 Å². The zero-order chi connectivity index (χ0) is 28.7. The third-order valence-corrected chi connectivity index (χ3v) is 9.80. The Kier molecular flexibility index (Phi) is 7.59. The van der Waals surface area contributed by atoms with Crippen LogP contribution in [0.4, 0.5) is 0 Å². The number of primary sulfonamides is 1. The van der Waals surface area contributed by atoms with Crippen molar-refractivity contribution in [2.24, 2.45) is 33.3 Å². The number of halogens is 1. The quantitative estimate of drug-likeness (QED) is 0.184. The molecule has 0 aliphatic heterocycles. The normalized spacial score (nSPS) is 27.6. The summed E-state index contributed by atoms with van der Waals surface area (Å²) in [6.45, 7) is 4.08. The predicted octanol–water partition coefficient (Wildman–Crippen LogP) is 4.13. The van der Waals surface area contributed by atoms with E-state index >= 15 is 0 Å². The van der Waals surface area contributed by atoms with Crippen LogP contribution < -0.4 is 20.5 Å². The second kappa shape index (κ2) is 10.7. The van der Waals surface area contributed by atoms with Crippen LogP contribution in [0.1, 0.15) is 51.5 Å². The number of nitrogens with two attached hydrogens (primary N) is 1. The highest BCUT2D eigenvalue weighted by Gasteiger charge is 2.58. The lowest BCUT2D eigenvalue weighted by Crippen LogP contribution is -2.58. The number of amidine groups is 1. The Labute approximate surface area is 240 Å². The lowest BCUT2D eigenvalue weighted by Gasteiger charge is -2.58. The molecule has 0 aromatic heterocycles. The van der Waals surface area contributed by atoms with E-state index in [0.717, 1.165) is 37.7 Å². The van der Waals surface area contributed by atoms with Crippen molar-refractivity contribution in [2.45, 2.75) is 69.0 Å². The molecular formula is C29H34ClN5O4S. The second-order valence-corrected chi connectivity index (χ2v) is 13.9. The Hall–Kier alpha value is -3.13. The third-order valence-electron chi connectivity index (χ3n) is 8.62. The van der Waals surface area contributed by atoms with E-state index in [1.807, 2.05) is 20.0 Å². The number of amides is 1. The molecule has 6 rings (SSSR count).